The Balaban J connectivity index is 1.60. The van der Waals surface area contributed by atoms with Crippen LogP contribution < -0.4 is 5.32 Å². The molecule has 7 nitrogen and oxygen atoms in total. The van der Waals surface area contributed by atoms with Crippen molar-refractivity contribution < 1.29 is 9.59 Å². The minimum atomic E-state index is -0.232. The zero-order valence-electron chi connectivity index (χ0n) is 15.5. The summed E-state index contributed by atoms with van der Waals surface area (Å²) in [5.74, 6) is 0.208. The maximum absolute atomic E-state index is 12.8. The highest BCUT2D eigenvalue weighted by molar-refractivity contribution is 5.82. The topological polar surface area (TPSA) is 70.5 Å². The summed E-state index contributed by atoms with van der Waals surface area (Å²) in [6.45, 7) is 9.02. The Bertz CT molecular complexity index is 633. The van der Waals surface area contributed by atoms with Crippen molar-refractivity contribution in [2.45, 2.75) is 58.7 Å². The molecule has 2 aliphatic rings. The van der Waals surface area contributed by atoms with E-state index in [-0.39, 0.29) is 23.9 Å². The maximum Gasteiger partial charge on any atom is 0.239 e. The summed E-state index contributed by atoms with van der Waals surface area (Å²) in [7, 11) is 0. The Morgan fingerprint density at radius 3 is 2.60 bits per heavy atom. The SMILES string of the molecule is CCn1ncc2c1CCC[C@H]2N[C@H](C)C(=O)N1CCN(C(C)=O)CC1. The molecule has 1 aromatic rings. The lowest BCUT2D eigenvalue weighted by Crippen LogP contribution is -2.54. The van der Waals surface area contributed by atoms with Crippen LogP contribution in [0.25, 0.3) is 0 Å². The van der Waals surface area contributed by atoms with Crippen LogP contribution in [0.3, 0.4) is 0 Å². The van der Waals surface area contributed by atoms with Crippen LogP contribution in [0.5, 0.6) is 0 Å². The van der Waals surface area contributed by atoms with Crippen LogP contribution in [0, 0.1) is 0 Å². The first-order chi connectivity index (χ1) is 12.0. The van der Waals surface area contributed by atoms with Gasteiger partial charge in [0, 0.05) is 56.9 Å². The van der Waals surface area contributed by atoms with Gasteiger partial charge < -0.3 is 9.80 Å². The van der Waals surface area contributed by atoms with Crippen LogP contribution in [-0.4, -0.2) is 63.6 Å². The minimum Gasteiger partial charge on any atom is -0.339 e. The van der Waals surface area contributed by atoms with E-state index in [1.807, 2.05) is 18.0 Å². The second-order valence-corrected chi connectivity index (χ2v) is 7.03. The van der Waals surface area contributed by atoms with E-state index in [4.69, 9.17) is 0 Å². The van der Waals surface area contributed by atoms with Gasteiger partial charge in [0.25, 0.3) is 0 Å². The number of carbonyl (C=O) groups excluding carboxylic acids is 2. The van der Waals surface area contributed by atoms with Crippen molar-refractivity contribution in [1.29, 1.82) is 0 Å². The number of nitrogens with one attached hydrogen (secondary N) is 1. The quantitative estimate of drug-likeness (QED) is 0.880. The van der Waals surface area contributed by atoms with Crippen LogP contribution in [0.2, 0.25) is 0 Å². The number of rotatable bonds is 4. The van der Waals surface area contributed by atoms with E-state index >= 15 is 0 Å². The highest BCUT2D eigenvalue weighted by Crippen LogP contribution is 2.30. The first kappa shape index (κ1) is 17.9. The van der Waals surface area contributed by atoms with Gasteiger partial charge in [-0.15, -0.1) is 0 Å². The molecule has 3 rings (SSSR count). The molecule has 25 heavy (non-hydrogen) atoms. The Hall–Kier alpha value is -1.89. The van der Waals surface area contributed by atoms with Crippen LogP contribution in [0.4, 0.5) is 0 Å². The molecule has 0 radical (unpaired) electrons. The average Bonchev–Trinajstić information content (AvgIpc) is 3.05. The fraction of sp³-hybridized carbons (Fsp3) is 0.722. The highest BCUT2D eigenvalue weighted by Gasteiger charge is 2.30. The van der Waals surface area contributed by atoms with Gasteiger partial charge in [-0.05, 0) is 33.1 Å². The molecule has 2 atom stereocenters. The number of aromatic nitrogens is 2. The molecule has 0 unspecified atom stereocenters. The zero-order chi connectivity index (χ0) is 18.0. The van der Waals surface area contributed by atoms with Gasteiger partial charge in [0.2, 0.25) is 11.8 Å². The summed E-state index contributed by atoms with van der Waals surface area (Å²) in [4.78, 5) is 27.8. The van der Waals surface area contributed by atoms with E-state index in [0.717, 1.165) is 25.8 Å². The molecule has 1 saturated heterocycles. The largest absolute Gasteiger partial charge is 0.339 e. The summed E-state index contributed by atoms with van der Waals surface area (Å²) in [5.41, 5.74) is 2.55. The molecule has 1 aliphatic carbocycles. The summed E-state index contributed by atoms with van der Waals surface area (Å²) in [6.07, 6.45) is 5.18. The number of carbonyl (C=O) groups is 2. The van der Waals surface area contributed by atoms with Crippen molar-refractivity contribution in [3.63, 3.8) is 0 Å². The Morgan fingerprint density at radius 2 is 1.96 bits per heavy atom. The molecule has 0 saturated carbocycles. The van der Waals surface area contributed by atoms with Gasteiger partial charge in [0.15, 0.2) is 0 Å². The van der Waals surface area contributed by atoms with E-state index in [2.05, 4.69) is 22.0 Å². The molecular formula is C18H29N5O2. The lowest BCUT2D eigenvalue weighted by Gasteiger charge is -2.36. The normalized spacial score (nSPS) is 21.8. The van der Waals surface area contributed by atoms with Crippen molar-refractivity contribution in [3.05, 3.63) is 17.5 Å². The zero-order valence-corrected chi connectivity index (χ0v) is 15.5. The summed E-state index contributed by atoms with van der Waals surface area (Å²) in [6, 6.07) is -0.0358. The van der Waals surface area contributed by atoms with Crippen molar-refractivity contribution >= 4 is 11.8 Å². The summed E-state index contributed by atoms with van der Waals surface area (Å²) < 4.78 is 2.07. The molecule has 1 N–H and O–H groups in total. The standard InChI is InChI=1S/C18H29N5O2/c1-4-23-17-7-5-6-16(15(17)12-19-23)20-13(2)18(25)22-10-8-21(9-11-22)14(3)24/h12-13,16,20H,4-11H2,1-3H3/t13-,16-/m1/s1. The Kier molecular flexibility index (Phi) is 5.42. The molecule has 1 fully saturated rings. The predicted octanol–water partition coefficient (Wildman–Crippen LogP) is 0.949. The maximum atomic E-state index is 12.8. The second-order valence-electron chi connectivity index (χ2n) is 7.03. The fourth-order valence-electron chi connectivity index (χ4n) is 3.95. The fourth-order valence-corrected chi connectivity index (χ4v) is 3.95. The molecule has 1 aliphatic heterocycles. The van der Waals surface area contributed by atoms with E-state index in [1.54, 1.807) is 11.8 Å². The third-order valence-electron chi connectivity index (χ3n) is 5.42. The minimum absolute atomic E-state index is 0.0842. The van der Waals surface area contributed by atoms with Crippen LogP contribution in [0.1, 0.15) is 50.9 Å². The van der Waals surface area contributed by atoms with E-state index in [9.17, 15) is 9.59 Å². The first-order valence-corrected chi connectivity index (χ1v) is 9.36. The van der Waals surface area contributed by atoms with Crippen molar-refractivity contribution in [2.75, 3.05) is 26.2 Å². The van der Waals surface area contributed by atoms with Crippen LogP contribution in [-0.2, 0) is 22.6 Å². The Labute approximate surface area is 149 Å². The number of amides is 2. The number of aryl methyl sites for hydroxylation is 1. The summed E-state index contributed by atoms with van der Waals surface area (Å²) in [5, 5.41) is 8.00. The number of fused-ring (bicyclic) bond motifs is 1. The molecular weight excluding hydrogens is 318 g/mol. The van der Waals surface area contributed by atoms with Gasteiger partial charge in [-0.1, -0.05) is 0 Å². The average molecular weight is 347 g/mol. The molecule has 7 heteroatoms. The molecule has 0 aromatic carbocycles. The van der Waals surface area contributed by atoms with Gasteiger partial charge in [-0.2, -0.15) is 5.10 Å². The third kappa shape index (κ3) is 3.71. The van der Waals surface area contributed by atoms with Crippen molar-refractivity contribution in [1.82, 2.24) is 24.9 Å². The van der Waals surface area contributed by atoms with E-state index < -0.39 is 0 Å². The first-order valence-electron chi connectivity index (χ1n) is 9.36. The van der Waals surface area contributed by atoms with Crippen molar-refractivity contribution in [3.8, 4) is 0 Å². The third-order valence-corrected chi connectivity index (χ3v) is 5.42. The highest BCUT2D eigenvalue weighted by atomic mass is 16.2. The van der Waals surface area contributed by atoms with Gasteiger partial charge in [0.1, 0.15) is 0 Å². The van der Waals surface area contributed by atoms with Gasteiger partial charge in [0.05, 0.1) is 12.2 Å². The second kappa shape index (κ2) is 7.56. The number of nitrogens with zero attached hydrogens (tertiary/aromatic N) is 4. The molecule has 0 bridgehead atoms. The van der Waals surface area contributed by atoms with Gasteiger partial charge in [-0.3, -0.25) is 19.6 Å². The lowest BCUT2D eigenvalue weighted by molar-refractivity contribution is -0.139. The molecule has 2 amide bonds. The monoisotopic (exact) mass is 347 g/mol. The number of hydrogen-bond donors (Lipinski definition) is 1. The van der Waals surface area contributed by atoms with Crippen molar-refractivity contribution in [2.24, 2.45) is 0 Å². The smallest absolute Gasteiger partial charge is 0.239 e. The molecule has 138 valence electrons. The number of piperazine rings is 1. The summed E-state index contributed by atoms with van der Waals surface area (Å²) >= 11 is 0. The van der Waals surface area contributed by atoms with Crippen LogP contribution >= 0.6 is 0 Å². The molecule has 0 spiro atoms. The molecule has 1 aromatic heterocycles. The van der Waals surface area contributed by atoms with E-state index in [0.29, 0.717) is 26.2 Å². The lowest BCUT2D eigenvalue weighted by atomic mass is 9.92. The number of hydrogen-bond acceptors (Lipinski definition) is 4. The van der Waals surface area contributed by atoms with Crippen LogP contribution in [0.15, 0.2) is 6.20 Å². The van der Waals surface area contributed by atoms with Gasteiger partial charge in [-0.25, -0.2) is 0 Å². The van der Waals surface area contributed by atoms with E-state index in [1.165, 1.54) is 11.3 Å². The molecule has 2 heterocycles. The van der Waals surface area contributed by atoms with Gasteiger partial charge >= 0.3 is 0 Å². The predicted molar refractivity (Wildman–Crippen MR) is 95.0 cm³/mol. The Morgan fingerprint density at radius 1 is 1.28 bits per heavy atom.